The van der Waals surface area contributed by atoms with Crippen LogP contribution < -0.4 is 4.90 Å². The predicted molar refractivity (Wildman–Crippen MR) is 237 cm³/mol. The van der Waals surface area contributed by atoms with Gasteiger partial charge < -0.3 is 18.2 Å². The second-order valence-corrected chi connectivity index (χ2v) is 14.8. The molecule has 0 N–H and O–H groups in total. The second kappa shape index (κ2) is 12.8. The number of hydrogen-bond acceptors (Lipinski definition) is 5. The Bertz CT molecular complexity index is 3520. The van der Waals surface area contributed by atoms with Gasteiger partial charge in [-0.3, -0.25) is 0 Å². The van der Waals surface area contributed by atoms with Crippen LogP contribution in [0.5, 0.6) is 0 Å². The minimum absolute atomic E-state index is 0.556. The molecule has 5 nitrogen and oxygen atoms in total. The molecule has 0 amide bonds. The largest absolute Gasteiger partial charge is 0.456 e. The molecular weight excluding hydrogens is 713 g/mol. The molecule has 3 aromatic heterocycles. The zero-order chi connectivity index (χ0) is 38.2. The average Bonchev–Trinajstić information content (AvgIpc) is 4.00. The van der Waals surface area contributed by atoms with E-state index < -0.39 is 0 Å². The molecule has 12 rings (SSSR count). The van der Waals surface area contributed by atoms with Crippen molar-refractivity contribution in [3.63, 3.8) is 0 Å². The fraction of sp³-hybridized carbons (Fsp3) is 0. The van der Waals surface area contributed by atoms with E-state index >= 15 is 0 Å². The summed E-state index contributed by atoms with van der Waals surface area (Å²) < 4.78 is 18.9. The highest BCUT2D eigenvalue weighted by Crippen LogP contribution is 2.41. The van der Waals surface area contributed by atoms with Gasteiger partial charge in [0.15, 0.2) is 5.58 Å². The van der Waals surface area contributed by atoms with Gasteiger partial charge in [-0.15, -0.1) is 0 Å². The molecule has 3 heterocycles. The average molecular weight is 745 g/mol. The second-order valence-electron chi connectivity index (χ2n) is 14.8. The van der Waals surface area contributed by atoms with Gasteiger partial charge in [0, 0.05) is 55.8 Å². The van der Waals surface area contributed by atoms with Crippen LogP contribution in [-0.4, -0.2) is 4.98 Å². The maximum Gasteiger partial charge on any atom is 0.227 e. The molecule has 0 saturated heterocycles. The van der Waals surface area contributed by atoms with Gasteiger partial charge in [-0.05, 0) is 106 Å². The van der Waals surface area contributed by atoms with Crippen LogP contribution in [0.3, 0.4) is 0 Å². The van der Waals surface area contributed by atoms with Crippen LogP contribution in [0.4, 0.5) is 17.1 Å². The molecule has 12 aromatic rings. The van der Waals surface area contributed by atoms with Crippen molar-refractivity contribution in [2.75, 3.05) is 4.90 Å². The Labute approximate surface area is 332 Å². The normalized spacial score (nSPS) is 11.8. The van der Waals surface area contributed by atoms with E-state index in [9.17, 15) is 0 Å². The van der Waals surface area contributed by atoms with Crippen molar-refractivity contribution in [1.29, 1.82) is 0 Å². The summed E-state index contributed by atoms with van der Waals surface area (Å²) in [4.78, 5) is 7.32. The van der Waals surface area contributed by atoms with Crippen molar-refractivity contribution < 1.29 is 13.3 Å². The fourth-order valence-corrected chi connectivity index (χ4v) is 8.43. The van der Waals surface area contributed by atoms with Crippen LogP contribution in [0.2, 0.25) is 0 Å². The topological polar surface area (TPSA) is 55.6 Å². The van der Waals surface area contributed by atoms with E-state index in [1.165, 1.54) is 16.3 Å². The third-order valence-electron chi connectivity index (χ3n) is 11.3. The molecule has 58 heavy (non-hydrogen) atoms. The lowest BCUT2D eigenvalue weighted by Crippen LogP contribution is -2.09. The van der Waals surface area contributed by atoms with E-state index in [2.05, 4.69) is 150 Å². The predicted octanol–water partition coefficient (Wildman–Crippen LogP) is 15.3. The van der Waals surface area contributed by atoms with E-state index in [1.807, 2.05) is 48.5 Å². The summed E-state index contributed by atoms with van der Waals surface area (Å²) in [6.07, 6.45) is 0. The molecule has 0 spiro atoms. The lowest BCUT2D eigenvalue weighted by Gasteiger charge is -2.26. The van der Waals surface area contributed by atoms with Crippen LogP contribution >= 0.6 is 0 Å². The van der Waals surface area contributed by atoms with Crippen LogP contribution in [0, 0.1) is 0 Å². The quantitative estimate of drug-likeness (QED) is 0.170. The third-order valence-corrected chi connectivity index (χ3v) is 11.3. The molecule has 0 bridgehead atoms. The van der Waals surface area contributed by atoms with E-state index in [1.54, 1.807) is 0 Å². The molecule has 272 valence electrons. The maximum absolute atomic E-state index is 6.37. The number of anilines is 3. The summed E-state index contributed by atoms with van der Waals surface area (Å²) >= 11 is 0. The van der Waals surface area contributed by atoms with Gasteiger partial charge >= 0.3 is 0 Å². The van der Waals surface area contributed by atoms with Crippen molar-refractivity contribution in [3.8, 4) is 33.7 Å². The Balaban J connectivity index is 0.926. The third kappa shape index (κ3) is 5.29. The Morgan fingerprint density at radius 3 is 1.62 bits per heavy atom. The number of oxazole rings is 1. The van der Waals surface area contributed by atoms with E-state index in [-0.39, 0.29) is 0 Å². The highest BCUT2D eigenvalue weighted by molar-refractivity contribution is 6.07. The molecule has 9 aromatic carbocycles. The number of furan rings is 2. The first kappa shape index (κ1) is 32.4. The molecule has 0 radical (unpaired) electrons. The molecule has 0 atom stereocenters. The van der Waals surface area contributed by atoms with Gasteiger partial charge in [0.1, 0.15) is 27.8 Å². The van der Waals surface area contributed by atoms with Crippen molar-refractivity contribution in [3.05, 3.63) is 194 Å². The Morgan fingerprint density at radius 2 is 0.879 bits per heavy atom. The number of nitrogens with zero attached hydrogens (tertiary/aromatic N) is 2. The summed E-state index contributed by atoms with van der Waals surface area (Å²) in [7, 11) is 0. The Kier molecular flexibility index (Phi) is 7.16. The molecule has 0 saturated carbocycles. The van der Waals surface area contributed by atoms with E-state index in [0.717, 1.165) is 94.3 Å². The molecule has 0 aliphatic rings. The molecular formula is C53H32N2O3. The van der Waals surface area contributed by atoms with Crippen LogP contribution in [0.25, 0.3) is 99.5 Å². The number of benzene rings is 9. The number of aromatic nitrogens is 1. The van der Waals surface area contributed by atoms with Crippen molar-refractivity contribution in [2.24, 2.45) is 0 Å². The summed E-state index contributed by atoms with van der Waals surface area (Å²) in [6.45, 7) is 0. The summed E-state index contributed by atoms with van der Waals surface area (Å²) in [5.41, 5.74) is 13.3. The highest BCUT2D eigenvalue weighted by Gasteiger charge is 2.18. The minimum atomic E-state index is 0.556. The fourth-order valence-electron chi connectivity index (χ4n) is 8.43. The van der Waals surface area contributed by atoms with Gasteiger partial charge in [0.05, 0.1) is 0 Å². The zero-order valence-electron chi connectivity index (χ0n) is 31.1. The standard InChI is InChI=1S/C53H32N2O3/c1-2-9-36-30-37(17-16-33(36)8-1)34-18-23-39(24-19-34)55(41-27-29-46-44-11-4-6-14-48(44)57-51(46)32-41)40-25-20-35(21-26-40)42-12-7-15-49-52(42)54-53(58-49)38-22-28-45-43-10-3-5-13-47(43)56-50(45)31-38/h1-32H. The van der Waals surface area contributed by atoms with E-state index in [0.29, 0.717) is 5.89 Å². The van der Waals surface area contributed by atoms with Crippen molar-refractivity contribution in [1.82, 2.24) is 4.98 Å². The lowest BCUT2D eigenvalue weighted by atomic mass is 10.0. The Hall–Kier alpha value is -7.89. The first-order valence-electron chi connectivity index (χ1n) is 19.4. The smallest absolute Gasteiger partial charge is 0.227 e. The summed E-state index contributed by atoms with van der Waals surface area (Å²) in [6, 6.07) is 67.6. The highest BCUT2D eigenvalue weighted by atomic mass is 16.4. The van der Waals surface area contributed by atoms with Gasteiger partial charge in [0.25, 0.3) is 0 Å². The van der Waals surface area contributed by atoms with Crippen molar-refractivity contribution in [2.45, 2.75) is 0 Å². The molecule has 5 heteroatoms. The van der Waals surface area contributed by atoms with Gasteiger partial charge in [-0.25, -0.2) is 4.98 Å². The van der Waals surface area contributed by atoms with Gasteiger partial charge in [-0.2, -0.15) is 0 Å². The van der Waals surface area contributed by atoms with Crippen molar-refractivity contribution >= 4 is 82.8 Å². The number of rotatable bonds is 6. The lowest BCUT2D eigenvalue weighted by molar-refractivity contribution is 0.619. The maximum atomic E-state index is 6.37. The van der Waals surface area contributed by atoms with Gasteiger partial charge in [-0.1, -0.05) is 109 Å². The van der Waals surface area contributed by atoms with Gasteiger partial charge in [0.2, 0.25) is 5.89 Å². The molecule has 0 fully saturated rings. The number of fused-ring (bicyclic) bond motifs is 8. The zero-order valence-corrected chi connectivity index (χ0v) is 31.1. The van der Waals surface area contributed by atoms with Crippen LogP contribution in [0.1, 0.15) is 0 Å². The Morgan fingerprint density at radius 1 is 0.328 bits per heavy atom. The summed E-state index contributed by atoms with van der Waals surface area (Å²) in [5, 5.41) is 6.84. The molecule has 0 unspecified atom stereocenters. The minimum Gasteiger partial charge on any atom is -0.456 e. The number of hydrogen-bond donors (Lipinski definition) is 0. The van der Waals surface area contributed by atoms with Crippen LogP contribution in [0.15, 0.2) is 207 Å². The summed E-state index contributed by atoms with van der Waals surface area (Å²) in [5.74, 6) is 0.556. The molecule has 0 aliphatic carbocycles. The monoisotopic (exact) mass is 744 g/mol. The number of para-hydroxylation sites is 3. The first-order chi connectivity index (χ1) is 28.7. The first-order valence-corrected chi connectivity index (χ1v) is 19.4. The van der Waals surface area contributed by atoms with Crippen LogP contribution in [-0.2, 0) is 0 Å². The SMILES string of the molecule is c1ccc2cc(-c3ccc(N(c4ccc(-c5cccc6oc(-c7ccc8c(c7)oc7ccccc78)nc56)cc4)c4ccc5c(c4)oc4ccccc45)cc3)ccc2c1. The van der Waals surface area contributed by atoms with E-state index in [4.69, 9.17) is 18.2 Å². The molecule has 0 aliphatic heterocycles.